The van der Waals surface area contributed by atoms with E-state index < -0.39 is 17.0 Å². The van der Waals surface area contributed by atoms with Crippen molar-refractivity contribution in [1.29, 1.82) is 0 Å². The van der Waals surface area contributed by atoms with Crippen LogP contribution in [-0.2, 0) is 20.7 Å². The van der Waals surface area contributed by atoms with E-state index in [0.29, 0.717) is 49.4 Å². The van der Waals surface area contributed by atoms with Crippen LogP contribution < -0.4 is 9.47 Å². The predicted molar refractivity (Wildman–Crippen MR) is 117 cm³/mol. The molecular weight excluding hydrogens is 414 g/mol. The highest BCUT2D eigenvalue weighted by Gasteiger charge is 2.54. The quantitative estimate of drug-likeness (QED) is 0.503. The number of likely N-dealkylation sites (tertiary alicyclic amines) is 1. The number of fused-ring (bicyclic) bond motifs is 1. The van der Waals surface area contributed by atoms with Crippen molar-refractivity contribution in [2.75, 3.05) is 34.4 Å². The normalized spacial score (nSPS) is 21.2. The van der Waals surface area contributed by atoms with E-state index in [0.717, 1.165) is 5.56 Å². The van der Waals surface area contributed by atoms with Crippen LogP contribution in [-0.4, -0.2) is 62.8 Å². The van der Waals surface area contributed by atoms with Crippen LogP contribution in [0.1, 0.15) is 56.0 Å². The fraction of sp³-hybridized carbons (Fsp3) is 0.625. The molecule has 3 rings (SSSR count). The van der Waals surface area contributed by atoms with Gasteiger partial charge in [-0.05, 0) is 70.1 Å². The van der Waals surface area contributed by atoms with Gasteiger partial charge in [0.2, 0.25) is 0 Å². The number of Topliss-reactive ketones (excluding diaryl/α,β-unsaturated/α-hetero) is 1. The van der Waals surface area contributed by atoms with Gasteiger partial charge in [-0.1, -0.05) is 0 Å². The molecular formula is C24H33NO7. The van der Waals surface area contributed by atoms with Gasteiger partial charge in [-0.2, -0.15) is 0 Å². The number of esters is 1. The molecule has 0 saturated carbocycles. The summed E-state index contributed by atoms with van der Waals surface area (Å²) in [5.74, 6) is 0.312. The first-order chi connectivity index (χ1) is 15.0. The summed E-state index contributed by atoms with van der Waals surface area (Å²) >= 11 is 0. The fourth-order valence-corrected chi connectivity index (χ4v) is 4.69. The molecule has 0 spiro atoms. The van der Waals surface area contributed by atoms with Crippen LogP contribution in [0.15, 0.2) is 12.1 Å². The Bertz CT molecular complexity index is 896. The summed E-state index contributed by atoms with van der Waals surface area (Å²) in [6, 6.07) is 3.41. The first-order valence-corrected chi connectivity index (χ1v) is 10.9. The maximum Gasteiger partial charge on any atom is 0.410 e. The lowest BCUT2D eigenvalue weighted by Crippen LogP contribution is -2.45. The van der Waals surface area contributed by atoms with E-state index in [1.165, 1.54) is 21.3 Å². The maximum absolute atomic E-state index is 13.5. The predicted octanol–water partition coefficient (Wildman–Crippen LogP) is 3.64. The lowest BCUT2D eigenvalue weighted by Gasteiger charge is -2.36. The number of hydrogen-bond donors (Lipinski definition) is 0. The number of ether oxygens (including phenoxy) is 4. The zero-order valence-corrected chi connectivity index (χ0v) is 19.8. The monoisotopic (exact) mass is 447 g/mol. The van der Waals surface area contributed by atoms with Crippen molar-refractivity contribution in [3.05, 3.63) is 23.3 Å². The van der Waals surface area contributed by atoms with Crippen LogP contribution in [0.3, 0.4) is 0 Å². The van der Waals surface area contributed by atoms with E-state index in [9.17, 15) is 14.4 Å². The van der Waals surface area contributed by atoms with Crippen molar-refractivity contribution >= 4 is 17.8 Å². The van der Waals surface area contributed by atoms with Gasteiger partial charge in [0.05, 0.1) is 21.3 Å². The molecule has 1 unspecified atom stereocenters. The number of methoxy groups -OCH3 is 3. The summed E-state index contributed by atoms with van der Waals surface area (Å²) in [7, 11) is 4.36. The van der Waals surface area contributed by atoms with Crippen LogP contribution in [0.4, 0.5) is 4.79 Å². The van der Waals surface area contributed by atoms with E-state index in [1.807, 2.05) is 20.8 Å². The van der Waals surface area contributed by atoms with Crippen LogP contribution in [0, 0.1) is 11.3 Å². The second kappa shape index (κ2) is 9.00. The van der Waals surface area contributed by atoms with Crippen molar-refractivity contribution in [3.8, 4) is 11.5 Å². The SMILES string of the molecule is COC(=O)C1(CC2CCN(C(=O)OC(C)(C)C)CC2)Cc2cc(OC)c(OC)cc2C1=O. The van der Waals surface area contributed by atoms with E-state index in [2.05, 4.69) is 0 Å². The Kier molecular flexibility index (Phi) is 6.72. The molecule has 1 aromatic rings. The number of hydrogen-bond acceptors (Lipinski definition) is 7. The second-order valence-electron chi connectivity index (χ2n) is 9.56. The Morgan fingerprint density at radius 3 is 2.19 bits per heavy atom. The molecule has 1 atom stereocenters. The van der Waals surface area contributed by atoms with Gasteiger partial charge in [-0.15, -0.1) is 0 Å². The van der Waals surface area contributed by atoms with Gasteiger partial charge in [0, 0.05) is 18.7 Å². The van der Waals surface area contributed by atoms with Crippen molar-refractivity contribution < 1.29 is 33.3 Å². The first-order valence-electron chi connectivity index (χ1n) is 10.9. The topological polar surface area (TPSA) is 91.4 Å². The number of carbonyl (C=O) groups excluding carboxylic acids is 3. The molecule has 1 aromatic carbocycles. The Labute approximate surface area is 189 Å². The fourth-order valence-electron chi connectivity index (χ4n) is 4.69. The highest BCUT2D eigenvalue weighted by molar-refractivity contribution is 6.16. The third kappa shape index (κ3) is 4.54. The summed E-state index contributed by atoms with van der Waals surface area (Å²) in [6.45, 7) is 6.57. The molecule has 0 aromatic heterocycles. The average Bonchev–Trinajstić information content (AvgIpc) is 3.03. The van der Waals surface area contributed by atoms with Crippen LogP contribution in [0.2, 0.25) is 0 Å². The molecule has 1 fully saturated rings. The lowest BCUT2D eigenvalue weighted by atomic mass is 9.73. The van der Waals surface area contributed by atoms with Crippen molar-refractivity contribution in [3.63, 3.8) is 0 Å². The van der Waals surface area contributed by atoms with E-state index in [-0.39, 0.29) is 24.2 Å². The Morgan fingerprint density at radius 1 is 1.06 bits per heavy atom. The van der Waals surface area contributed by atoms with Gasteiger partial charge in [-0.25, -0.2) is 4.79 Å². The van der Waals surface area contributed by atoms with Gasteiger partial charge in [0.1, 0.15) is 11.0 Å². The first kappa shape index (κ1) is 23.9. The molecule has 8 heteroatoms. The van der Waals surface area contributed by atoms with Gasteiger partial charge in [-0.3, -0.25) is 9.59 Å². The van der Waals surface area contributed by atoms with Crippen LogP contribution >= 0.6 is 0 Å². The number of piperidine rings is 1. The molecule has 8 nitrogen and oxygen atoms in total. The number of nitrogens with zero attached hydrogens (tertiary/aromatic N) is 1. The van der Waals surface area contributed by atoms with Gasteiger partial charge in [0.25, 0.3) is 0 Å². The third-order valence-corrected chi connectivity index (χ3v) is 6.26. The van der Waals surface area contributed by atoms with Crippen LogP contribution in [0.5, 0.6) is 11.5 Å². The summed E-state index contributed by atoms with van der Waals surface area (Å²) in [4.78, 5) is 40.5. The van der Waals surface area contributed by atoms with Gasteiger partial charge in [0.15, 0.2) is 17.3 Å². The van der Waals surface area contributed by atoms with E-state index in [4.69, 9.17) is 18.9 Å². The minimum atomic E-state index is -1.27. The minimum absolute atomic E-state index is 0.106. The summed E-state index contributed by atoms with van der Waals surface area (Å²) < 4.78 is 21.3. The highest BCUT2D eigenvalue weighted by atomic mass is 16.6. The molecule has 0 N–H and O–H groups in total. The zero-order valence-electron chi connectivity index (χ0n) is 19.8. The van der Waals surface area contributed by atoms with Gasteiger partial charge < -0.3 is 23.8 Å². The highest BCUT2D eigenvalue weighted by Crippen LogP contribution is 2.47. The van der Waals surface area contributed by atoms with Crippen molar-refractivity contribution in [1.82, 2.24) is 4.90 Å². The standard InChI is InChI=1S/C24H33NO7/c1-23(2,3)32-22(28)25-9-7-15(8-10-25)13-24(21(27)31-6)14-16-11-18(29-4)19(30-5)12-17(16)20(24)26/h11-12,15H,7-10,13-14H2,1-6H3. The number of carbonyl (C=O) groups is 3. The number of rotatable bonds is 5. The molecule has 0 bridgehead atoms. The molecule has 1 aliphatic heterocycles. The van der Waals surface area contributed by atoms with E-state index in [1.54, 1.807) is 17.0 Å². The number of benzene rings is 1. The summed E-state index contributed by atoms with van der Waals surface area (Å²) in [5.41, 5.74) is -0.594. The summed E-state index contributed by atoms with van der Waals surface area (Å²) in [6.07, 6.45) is 1.69. The maximum atomic E-state index is 13.5. The molecule has 176 valence electrons. The Hall–Kier alpha value is -2.77. The van der Waals surface area contributed by atoms with Crippen LogP contribution in [0.25, 0.3) is 0 Å². The number of ketones is 1. The molecule has 1 amide bonds. The zero-order chi connectivity index (χ0) is 23.7. The van der Waals surface area contributed by atoms with E-state index >= 15 is 0 Å². The molecule has 32 heavy (non-hydrogen) atoms. The minimum Gasteiger partial charge on any atom is -0.493 e. The second-order valence-corrected chi connectivity index (χ2v) is 9.56. The Balaban J connectivity index is 1.78. The molecule has 0 radical (unpaired) electrons. The smallest absolute Gasteiger partial charge is 0.410 e. The molecule has 1 aliphatic carbocycles. The average molecular weight is 448 g/mol. The largest absolute Gasteiger partial charge is 0.493 e. The Morgan fingerprint density at radius 2 is 1.66 bits per heavy atom. The third-order valence-electron chi connectivity index (χ3n) is 6.26. The number of amides is 1. The van der Waals surface area contributed by atoms with Gasteiger partial charge >= 0.3 is 12.1 Å². The molecule has 1 heterocycles. The van der Waals surface area contributed by atoms with Crippen molar-refractivity contribution in [2.24, 2.45) is 11.3 Å². The lowest BCUT2D eigenvalue weighted by molar-refractivity contribution is -0.150. The summed E-state index contributed by atoms with van der Waals surface area (Å²) in [5, 5.41) is 0. The molecule has 2 aliphatic rings. The molecule has 1 saturated heterocycles. The van der Waals surface area contributed by atoms with Crippen molar-refractivity contribution in [2.45, 2.75) is 52.1 Å².